The van der Waals surface area contributed by atoms with Crippen LogP contribution in [-0.2, 0) is 9.47 Å². The summed E-state index contributed by atoms with van der Waals surface area (Å²) in [5.74, 6) is 0. The Kier molecular flexibility index (Phi) is 4.79. The molecule has 0 aromatic carbocycles. The SMILES string of the molecule is COCCOC(=O)S. The lowest BCUT2D eigenvalue weighted by Gasteiger charge is -1.96. The van der Waals surface area contributed by atoms with E-state index in [-0.39, 0.29) is 6.61 Å². The fraction of sp³-hybridized carbons (Fsp3) is 0.750. The lowest BCUT2D eigenvalue weighted by atomic mass is 10.8. The number of hydrogen-bond acceptors (Lipinski definition) is 3. The van der Waals surface area contributed by atoms with E-state index in [1.165, 1.54) is 7.11 Å². The third-order valence-electron chi connectivity index (χ3n) is 0.513. The summed E-state index contributed by atoms with van der Waals surface area (Å²) >= 11 is 3.35. The van der Waals surface area contributed by atoms with E-state index < -0.39 is 5.30 Å². The van der Waals surface area contributed by atoms with Crippen LogP contribution < -0.4 is 0 Å². The number of ether oxygens (including phenoxy) is 2. The van der Waals surface area contributed by atoms with Gasteiger partial charge in [-0.15, -0.1) is 0 Å². The monoisotopic (exact) mass is 136 g/mol. The maximum absolute atomic E-state index is 9.90. The molecule has 0 bridgehead atoms. The molecule has 0 amide bonds. The van der Waals surface area contributed by atoms with E-state index in [0.29, 0.717) is 6.61 Å². The van der Waals surface area contributed by atoms with Crippen molar-refractivity contribution < 1.29 is 14.3 Å². The van der Waals surface area contributed by atoms with Gasteiger partial charge in [-0.05, 0) is 0 Å². The molecule has 0 aromatic rings. The molecule has 48 valence electrons. The summed E-state index contributed by atoms with van der Waals surface area (Å²) in [7, 11) is 1.53. The van der Waals surface area contributed by atoms with Gasteiger partial charge < -0.3 is 9.47 Å². The van der Waals surface area contributed by atoms with E-state index in [1.54, 1.807) is 0 Å². The van der Waals surface area contributed by atoms with Gasteiger partial charge in [-0.1, -0.05) is 12.6 Å². The van der Waals surface area contributed by atoms with Gasteiger partial charge in [-0.2, -0.15) is 0 Å². The molecule has 0 saturated heterocycles. The van der Waals surface area contributed by atoms with Crippen molar-refractivity contribution in [1.29, 1.82) is 0 Å². The van der Waals surface area contributed by atoms with E-state index in [0.717, 1.165) is 0 Å². The standard InChI is InChI=1S/C4H8O3S/c1-6-2-3-7-4(5)8/h2-3H2,1H3,(H,5,8). The number of methoxy groups -OCH3 is 1. The van der Waals surface area contributed by atoms with Crippen LogP contribution in [0.1, 0.15) is 0 Å². The molecule has 0 atom stereocenters. The van der Waals surface area contributed by atoms with Crippen LogP contribution in [0.25, 0.3) is 0 Å². The van der Waals surface area contributed by atoms with Gasteiger partial charge in [-0.25, -0.2) is 4.79 Å². The zero-order valence-corrected chi connectivity index (χ0v) is 5.48. The average molecular weight is 136 g/mol. The Balaban J connectivity index is 2.82. The number of carbonyl (C=O) groups excluding carboxylic acids is 1. The molecular weight excluding hydrogens is 128 g/mol. The number of carbonyl (C=O) groups is 1. The molecule has 0 aliphatic heterocycles. The number of rotatable bonds is 3. The fourth-order valence-corrected chi connectivity index (χ4v) is 0.304. The van der Waals surface area contributed by atoms with E-state index in [4.69, 9.17) is 0 Å². The van der Waals surface area contributed by atoms with Gasteiger partial charge in [0.1, 0.15) is 6.61 Å². The molecule has 0 N–H and O–H groups in total. The zero-order chi connectivity index (χ0) is 6.41. The van der Waals surface area contributed by atoms with Gasteiger partial charge in [0.2, 0.25) is 0 Å². The van der Waals surface area contributed by atoms with E-state index in [9.17, 15) is 4.79 Å². The van der Waals surface area contributed by atoms with Crippen molar-refractivity contribution in [1.82, 2.24) is 0 Å². The van der Waals surface area contributed by atoms with E-state index in [2.05, 4.69) is 22.1 Å². The first-order valence-corrected chi connectivity index (χ1v) is 2.56. The van der Waals surface area contributed by atoms with Crippen molar-refractivity contribution in [2.75, 3.05) is 20.3 Å². The molecule has 0 aliphatic rings. The van der Waals surface area contributed by atoms with Crippen LogP contribution in [0.4, 0.5) is 4.79 Å². The molecule has 0 aromatic heterocycles. The number of hydrogen-bond donors (Lipinski definition) is 1. The van der Waals surface area contributed by atoms with Crippen LogP contribution in [0.3, 0.4) is 0 Å². The zero-order valence-electron chi connectivity index (χ0n) is 4.59. The first kappa shape index (κ1) is 7.78. The molecular formula is C4H8O3S. The third kappa shape index (κ3) is 5.78. The largest absolute Gasteiger partial charge is 0.455 e. The van der Waals surface area contributed by atoms with Crippen molar-refractivity contribution in [3.05, 3.63) is 0 Å². The highest BCUT2D eigenvalue weighted by Gasteiger charge is 1.89. The maximum Gasteiger partial charge on any atom is 0.364 e. The van der Waals surface area contributed by atoms with Crippen molar-refractivity contribution in [2.45, 2.75) is 0 Å². The average Bonchev–Trinajstić information content (AvgIpc) is 1.66. The van der Waals surface area contributed by atoms with Crippen LogP contribution >= 0.6 is 12.6 Å². The van der Waals surface area contributed by atoms with Crippen LogP contribution in [0.2, 0.25) is 0 Å². The Hall–Kier alpha value is -0.220. The normalized spacial score (nSPS) is 8.75. The molecule has 0 rings (SSSR count). The van der Waals surface area contributed by atoms with Crippen LogP contribution in [-0.4, -0.2) is 25.6 Å². The molecule has 4 heteroatoms. The second kappa shape index (κ2) is 4.93. The van der Waals surface area contributed by atoms with Crippen molar-refractivity contribution in [3.8, 4) is 0 Å². The third-order valence-corrected chi connectivity index (χ3v) is 0.642. The minimum atomic E-state index is -0.568. The summed E-state index contributed by atoms with van der Waals surface area (Å²) in [5.41, 5.74) is 0. The molecule has 0 saturated carbocycles. The van der Waals surface area contributed by atoms with E-state index >= 15 is 0 Å². The molecule has 0 spiro atoms. The van der Waals surface area contributed by atoms with Crippen LogP contribution in [0.15, 0.2) is 0 Å². The van der Waals surface area contributed by atoms with Crippen molar-refractivity contribution >= 4 is 17.9 Å². The Morgan fingerprint density at radius 3 is 2.62 bits per heavy atom. The van der Waals surface area contributed by atoms with Gasteiger partial charge in [-0.3, -0.25) is 0 Å². The Labute approximate surface area is 53.4 Å². The Bertz CT molecular complexity index is 73.7. The predicted molar refractivity (Wildman–Crippen MR) is 32.2 cm³/mol. The molecule has 0 heterocycles. The Morgan fingerprint density at radius 1 is 1.62 bits per heavy atom. The summed E-state index contributed by atoms with van der Waals surface area (Å²) in [6.07, 6.45) is 0. The van der Waals surface area contributed by atoms with Gasteiger partial charge >= 0.3 is 5.30 Å². The molecule has 0 unspecified atom stereocenters. The smallest absolute Gasteiger partial charge is 0.364 e. The van der Waals surface area contributed by atoms with Crippen molar-refractivity contribution in [2.24, 2.45) is 0 Å². The summed E-state index contributed by atoms with van der Waals surface area (Å²) < 4.78 is 8.96. The lowest BCUT2D eigenvalue weighted by Crippen LogP contribution is -2.02. The molecule has 0 fully saturated rings. The molecule has 0 aliphatic carbocycles. The first-order valence-electron chi connectivity index (χ1n) is 2.12. The van der Waals surface area contributed by atoms with Gasteiger partial charge in [0.15, 0.2) is 0 Å². The highest BCUT2D eigenvalue weighted by atomic mass is 32.1. The second-order valence-corrected chi connectivity index (χ2v) is 1.47. The van der Waals surface area contributed by atoms with Gasteiger partial charge in [0.25, 0.3) is 0 Å². The highest BCUT2D eigenvalue weighted by Crippen LogP contribution is 1.84. The minimum absolute atomic E-state index is 0.277. The molecule has 0 radical (unpaired) electrons. The molecule has 8 heavy (non-hydrogen) atoms. The summed E-state index contributed by atoms with van der Waals surface area (Å²) in [6, 6.07) is 0. The summed E-state index contributed by atoms with van der Waals surface area (Å²) in [4.78, 5) is 9.90. The van der Waals surface area contributed by atoms with Crippen LogP contribution in [0.5, 0.6) is 0 Å². The minimum Gasteiger partial charge on any atom is -0.455 e. The van der Waals surface area contributed by atoms with Gasteiger partial charge in [0.05, 0.1) is 6.61 Å². The van der Waals surface area contributed by atoms with Crippen molar-refractivity contribution in [3.63, 3.8) is 0 Å². The Morgan fingerprint density at radius 2 is 2.25 bits per heavy atom. The topological polar surface area (TPSA) is 35.5 Å². The van der Waals surface area contributed by atoms with Crippen LogP contribution in [0, 0.1) is 0 Å². The highest BCUT2D eigenvalue weighted by molar-refractivity contribution is 7.96. The fourth-order valence-electron chi connectivity index (χ4n) is 0.212. The maximum atomic E-state index is 9.90. The van der Waals surface area contributed by atoms with Gasteiger partial charge in [0, 0.05) is 7.11 Å². The summed E-state index contributed by atoms with van der Waals surface area (Å²) in [5, 5.41) is -0.568. The predicted octanol–water partition coefficient (Wildman–Crippen LogP) is 0.699. The number of thiol groups is 1. The quantitative estimate of drug-likeness (QED) is 0.352. The summed E-state index contributed by atoms with van der Waals surface area (Å²) in [6.45, 7) is 0.700. The first-order chi connectivity index (χ1) is 3.77. The lowest BCUT2D eigenvalue weighted by molar-refractivity contribution is 0.115. The second-order valence-electron chi connectivity index (χ2n) is 1.11. The van der Waals surface area contributed by atoms with E-state index in [1.807, 2.05) is 0 Å². The molecule has 3 nitrogen and oxygen atoms in total.